The molecule has 96 valence electrons. The largest absolute Gasteiger partial charge is 0.307 e. The number of rotatable bonds is 6. The van der Waals surface area contributed by atoms with Gasteiger partial charge in [0, 0.05) is 12.1 Å². The Labute approximate surface area is 102 Å². The highest BCUT2D eigenvalue weighted by Gasteiger charge is 2.22. The second kappa shape index (κ2) is 6.10. The Kier molecular flexibility index (Phi) is 5.06. The van der Waals surface area contributed by atoms with E-state index < -0.39 is 11.6 Å². The molecule has 0 amide bonds. The molecule has 0 atom stereocenters. The van der Waals surface area contributed by atoms with Crippen LogP contribution in [-0.4, -0.2) is 5.54 Å². The monoisotopic (exact) mass is 241 g/mol. The summed E-state index contributed by atoms with van der Waals surface area (Å²) in [5.74, 6) is -1.57. The summed E-state index contributed by atoms with van der Waals surface area (Å²) in [6, 6.07) is 4.06. The molecule has 0 radical (unpaired) electrons. The summed E-state index contributed by atoms with van der Waals surface area (Å²) >= 11 is 0. The predicted octanol–water partition coefficient (Wildman–Crippen LogP) is 4.02. The van der Waals surface area contributed by atoms with Crippen LogP contribution in [0, 0.1) is 11.6 Å². The lowest BCUT2D eigenvalue weighted by Crippen LogP contribution is -2.43. The number of nitrogens with one attached hydrogen (secondary N) is 1. The van der Waals surface area contributed by atoms with E-state index in [9.17, 15) is 8.78 Å². The third kappa shape index (κ3) is 3.50. The Hall–Kier alpha value is -0.960. The van der Waals surface area contributed by atoms with Crippen molar-refractivity contribution in [3.05, 3.63) is 35.4 Å². The minimum atomic E-state index is -0.790. The molecule has 0 unspecified atom stereocenters. The normalized spacial score (nSPS) is 11.8. The molecule has 3 heteroatoms. The van der Waals surface area contributed by atoms with Crippen molar-refractivity contribution in [2.75, 3.05) is 0 Å². The van der Waals surface area contributed by atoms with Crippen LogP contribution in [0.5, 0.6) is 0 Å². The van der Waals surface area contributed by atoms with E-state index in [1.165, 1.54) is 12.1 Å². The third-order valence-electron chi connectivity index (χ3n) is 3.68. The Bertz CT molecular complexity index is 351. The zero-order chi connectivity index (χ0) is 12.9. The molecule has 17 heavy (non-hydrogen) atoms. The van der Waals surface area contributed by atoms with E-state index in [2.05, 4.69) is 26.1 Å². The first-order valence-corrected chi connectivity index (χ1v) is 6.26. The molecule has 0 saturated carbocycles. The minimum absolute atomic E-state index is 0.102. The van der Waals surface area contributed by atoms with E-state index in [4.69, 9.17) is 0 Å². The molecule has 1 aromatic rings. The van der Waals surface area contributed by atoms with Crippen molar-refractivity contribution < 1.29 is 8.78 Å². The van der Waals surface area contributed by atoms with Crippen LogP contribution in [0.3, 0.4) is 0 Å². The van der Waals surface area contributed by atoms with E-state index in [1.807, 2.05) is 0 Å². The lowest BCUT2D eigenvalue weighted by atomic mass is 9.89. The van der Waals surface area contributed by atoms with Gasteiger partial charge in [0.25, 0.3) is 0 Å². The maximum Gasteiger partial charge on any atom is 0.159 e. The first-order chi connectivity index (χ1) is 8.06. The highest BCUT2D eigenvalue weighted by atomic mass is 19.2. The van der Waals surface area contributed by atoms with Crippen molar-refractivity contribution in [1.82, 2.24) is 5.32 Å². The molecule has 1 nitrogen and oxygen atoms in total. The first kappa shape index (κ1) is 14.1. The summed E-state index contributed by atoms with van der Waals surface area (Å²) in [4.78, 5) is 0. The molecule has 0 aliphatic rings. The summed E-state index contributed by atoms with van der Waals surface area (Å²) < 4.78 is 25.8. The molecule has 1 N–H and O–H groups in total. The van der Waals surface area contributed by atoms with Gasteiger partial charge in [-0.15, -0.1) is 0 Å². The Morgan fingerprint density at radius 1 is 1.00 bits per heavy atom. The van der Waals surface area contributed by atoms with Crippen molar-refractivity contribution in [2.24, 2.45) is 0 Å². The molecule has 0 aliphatic heterocycles. The number of halogens is 2. The topological polar surface area (TPSA) is 12.0 Å². The molecule has 0 saturated heterocycles. The van der Waals surface area contributed by atoms with Crippen molar-refractivity contribution in [2.45, 2.75) is 52.1 Å². The van der Waals surface area contributed by atoms with Gasteiger partial charge in [-0.3, -0.25) is 0 Å². The van der Waals surface area contributed by atoms with Crippen LogP contribution in [0.15, 0.2) is 18.2 Å². The fourth-order valence-electron chi connectivity index (χ4n) is 2.06. The molecule has 0 spiro atoms. The summed E-state index contributed by atoms with van der Waals surface area (Å²) in [5.41, 5.74) is 0.883. The maximum absolute atomic E-state index is 13.0. The zero-order valence-electron chi connectivity index (χ0n) is 10.8. The van der Waals surface area contributed by atoms with E-state index >= 15 is 0 Å². The number of hydrogen-bond acceptors (Lipinski definition) is 1. The molecule has 1 aromatic carbocycles. The van der Waals surface area contributed by atoms with Gasteiger partial charge in [-0.1, -0.05) is 26.8 Å². The van der Waals surface area contributed by atoms with Gasteiger partial charge in [-0.25, -0.2) is 8.78 Å². The van der Waals surface area contributed by atoms with E-state index in [0.717, 1.165) is 24.8 Å². The molecular formula is C14H21F2N. The van der Waals surface area contributed by atoms with Crippen molar-refractivity contribution in [3.8, 4) is 0 Å². The van der Waals surface area contributed by atoms with Crippen molar-refractivity contribution in [1.29, 1.82) is 0 Å². The van der Waals surface area contributed by atoms with E-state index in [1.54, 1.807) is 6.07 Å². The highest BCUT2D eigenvalue weighted by Crippen LogP contribution is 2.20. The summed E-state index contributed by atoms with van der Waals surface area (Å²) in [5, 5.41) is 3.46. The van der Waals surface area contributed by atoms with Crippen LogP contribution in [0.2, 0.25) is 0 Å². The Morgan fingerprint density at radius 2 is 1.59 bits per heavy atom. The van der Waals surface area contributed by atoms with E-state index in [0.29, 0.717) is 6.54 Å². The number of hydrogen-bond donors (Lipinski definition) is 1. The second-order valence-corrected chi connectivity index (χ2v) is 4.44. The molecule has 0 heterocycles. The molecule has 1 rings (SSSR count). The molecule has 0 fully saturated rings. The molecular weight excluding hydrogens is 220 g/mol. The fraction of sp³-hybridized carbons (Fsp3) is 0.571. The van der Waals surface area contributed by atoms with Crippen molar-refractivity contribution >= 4 is 0 Å². The standard InChI is InChI=1S/C14H21F2N/c1-4-14(5-2,6-3)17-10-11-7-8-12(15)13(16)9-11/h7-9,17H,4-6,10H2,1-3H3. The smallest absolute Gasteiger partial charge is 0.159 e. The SMILES string of the molecule is CCC(CC)(CC)NCc1ccc(F)c(F)c1. The highest BCUT2D eigenvalue weighted by molar-refractivity contribution is 5.17. The first-order valence-electron chi connectivity index (χ1n) is 6.26. The summed E-state index contributed by atoms with van der Waals surface area (Å²) in [6.45, 7) is 7.01. The van der Waals surface area contributed by atoms with Crippen LogP contribution < -0.4 is 5.32 Å². The lowest BCUT2D eigenvalue weighted by molar-refractivity contribution is 0.288. The quantitative estimate of drug-likeness (QED) is 0.793. The number of benzene rings is 1. The van der Waals surface area contributed by atoms with Gasteiger partial charge in [0.1, 0.15) is 0 Å². The third-order valence-corrected chi connectivity index (χ3v) is 3.68. The second-order valence-electron chi connectivity index (χ2n) is 4.44. The van der Waals surface area contributed by atoms with Gasteiger partial charge in [-0.05, 0) is 37.0 Å². The van der Waals surface area contributed by atoms with Crippen LogP contribution >= 0.6 is 0 Å². The van der Waals surface area contributed by atoms with Gasteiger partial charge in [0.15, 0.2) is 11.6 Å². The Balaban J connectivity index is 2.68. The predicted molar refractivity (Wildman–Crippen MR) is 66.8 cm³/mol. The zero-order valence-corrected chi connectivity index (χ0v) is 10.8. The Morgan fingerprint density at radius 3 is 2.06 bits per heavy atom. The summed E-state index contributed by atoms with van der Waals surface area (Å²) in [7, 11) is 0. The van der Waals surface area contributed by atoms with Crippen LogP contribution in [0.25, 0.3) is 0 Å². The van der Waals surface area contributed by atoms with Gasteiger partial charge in [0.05, 0.1) is 0 Å². The lowest BCUT2D eigenvalue weighted by Gasteiger charge is -2.32. The van der Waals surface area contributed by atoms with Gasteiger partial charge < -0.3 is 5.32 Å². The van der Waals surface area contributed by atoms with Crippen LogP contribution in [-0.2, 0) is 6.54 Å². The van der Waals surface area contributed by atoms with Crippen LogP contribution in [0.1, 0.15) is 45.6 Å². The molecule has 0 bridgehead atoms. The maximum atomic E-state index is 13.0. The minimum Gasteiger partial charge on any atom is -0.307 e. The fourth-order valence-corrected chi connectivity index (χ4v) is 2.06. The average molecular weight is 241 g/mol. The molecule has 0 aliphatic carbocycles. The van der Waals surface area contributed by atoms with E-state index in [-0.39, 0.29) is 5.54 Å². The van der Waals surface area contributed by atoms with Gasteiger partial charge in [-0.2, -0.15) is 0 Å². The molecule has 0 aromatic heterocycles. The van der Waals surface area contributed by atoms with Crippen molar-refractivity contribution in [3.63, 3.8) is 0 Å². The summed E-state index contributed by atoms with van der Waals surface area (Å²) in [6.07, 6.45) is 3.09. The van der Waals surface area contributed by atoms with Crippen LogP contribution in [0.4, 0.5) is 8.78 Å². The van der Waals surface area contributed by atoms with Gasteiger partial charge >= 0.3 is 0 Å². The van der Waals surface area contributed by atoms with Gasteiger partial charge in [0.2, 0.25) is 0 Å². The average Bonchev–Trinajstić information content (AvgIpc) is 2.36.